The van der Waals surface area contributed by atoms with Gasteiger partial charge in [0.15, 0.2) is 0 Å². The first-order valence-corrected chi connectivity index (χ1v) is 14.8. The fraction of sp³-hybridized carbons (Fsp3) is 0.394. The van der Waals surface area contributed by atoms with E-state index in [-0.39, 0.29) is 17.8 Å². The van der Waals surface area contributed by atoms with Gasteiger partial charge in [-0.05, 0) is 101 Å². The maximum Gasteiger partial charge on any atom is 0.414 e. The monoisotopic (exact) mass is 616 g/mol. The Morgan fingerprint density at radius 3 is 2.18 bits per heavy atom. The maximum atomic E-state index is 12.8. The van der Waals surface area contributed by atoms with Gasteiger partial charge in [0, 0.05) is 31.8 Å². The van der Waals surface area contributed by atoms with Gasteiger partial charge >= 0.3 is 12.2 Å². The molecule has 0 saturated carbocycles. The minimum Gasteiger partial charge on any atom is -0.444 e. The van der Waals surface area contributed by atoms with E-state index in [2.05, 4.69) is 25.9 Å². The molecule has 0 radical (unpaired) electrons. The summed E-state index contributed by atoms with van der Waals surface area (Å²) in [7, 11) is 0. The zero-order valence-corrected chi connectivity index (χ0v) is 26.5. The highest BCUT2D eigenvalue weighted by Gasteiger charge is 2.22. The number of rotatable bonds is 4. The average molecular weight is 617 g/mol. The minimum atomic E-state index is -0.774. The normalized spacial score (nSPS) is 14.9. The first kappa shape index (κ1) is 32.9. The van der Waals surface area contributed by atoms with Gasteiger partial charge in [0.1, 0.15) is 17.0 Å². The van der Waals surface area contributed by atoms with Crippen molar-refractivity contribution in [2.45, 2.75) is 72.0 Å². The lowest BCUT2D eigenvalue weighted by molar-refractivity contribution is -0.125. The van der Waals surface area contributed by atoms with Crippen LogP contribution in [0, 0.1) is 0 Å². The van der Waals surface area contributed by atoms with Crippen LogP contribution in [0.25, 0.3) is 11.6 Å². The number of hydrogen-bond donors (Lipinski definition) is 3. The number of guanidine groups is 1. The number of aromatic nitrogens is 1. The SMILES string of the molecule is CC(C)(C)OC(=O)NC(=Nc1ccc(C2=CCN(C(=O)/C=C/c3cnc4c(c3)CCC(=O)N4)CC2)cc1)NC(=O)OC(C)(C)C. The van der Waals surface area contributed by atoms with Gasteiger partial charge in [-0.3, -0.25) is 20.2 Å². The molecule has 45 heavy (non-hydrogen) atoms. The number of nitrogens with zero attached hydrogens (tertiary/aromatic N) is 3. The molecule has 2 aliphatic heterocycles. The molecule has 12 heteroatoms. The molecule has 0 aliphatic carbocycles. The van der Waals surface area contributed by atoms with Crippen molar-refractivity contribution >= 4 is 53.1 Å². The molecular formula is C33H40N6O6. The summed E-state index contributed by atoms with van der Waals surface area (Å²) in [4.78, 5) is 59.6. The number of hydrogen-bond acceptors (Lipinski definition) is 8. The molecule has 3 N–H and O–H groups in total. The first-order chi connectivity index (χ1) is 21.1. The molecule has 4 rings (SSSR count). The Labute approximate surface area is 263 Å². The zero-order chi connectivity index (χ0) is 32.8. The lowest BCUT2D eigenvalue weighted by Crippen LogP contribution is -2.47. The van der Waals surface area contributed by atoms with Crippen LogP contribution in [0.2, 0.25) is 0 Å². The third-order valence-corrected chi connectivity index (χ3v) is 6.52. The molecule has 0 spiro atoms. The molecule has 0 unspecified atom stereocenters. The molecule has 0 atom stereocenters. The van der Waals surface area contributed by atoms with Crippen molar-refractivity contribution in [3.63, 3.8) is 0 Å². The van der Waals surface area contributed by atoms with E-state index < -0.39 is 23.4 Å². The standard InChI is InChI=1S/C33H40N6O6/c1-32(2,3)44-30(42)37-29(38-31(43)45-33(4,5)6)35-25-11-8-22(9-12-25)23-15-17-39(18-16-23)27(41)14-7-21-19-24-10-13-26(40)36-28(24)34-20-21/h7-9,11-12,14-15,19-20H,10,13,16-18H2,1-6H3,(H,34,36,40)(H2,35,37,38,42,43)/b14-7+. The van der Waals surface area contributed by atoms with Crippen LogP contribution in [0.1, 0.15) is 71.1 Å². The third kappa shape index (κ3) is 10.3. The number of benzene rings is 1. The van der Waals surface area contributed by atoms with E-state index in [0.29, 0.717) is 43.9 Å². The van der Waals surface area contributed by atoms with Crippen molar-refractivity contribution in [1.29, 1.82) is 0 Å². The smallest absolute Gasteiger partial charge is 0.414 e. The van der Waals surface area contributed by atoms with E-state index in [4.69, 9.17) is 9.47 Å². The number of ether oxygens (including phenoxy) is 2. The molecule has 1 aromatic carbocycles. The number of amides is 4. The fourth-order valence-corrected chi connectivity index (χ4v) is 4.54. The maximum absolute atomic E-state index is 12.8. The molecule has 238 valence electrons. The number of fused-ring (bicyclic) bond motifs is 1. The fourth-order valence-electron chi connectivity index (χ4n) is 4.54. The number of pyridine rings is 1. The van der Waals surface area contributed by atoms with Crippen LogP contribution in [0.15, 0.2) is 53.7 Å². The summed E-state index contributed by atoms with van der Waals surface area (Å²) in [5.74, 6) is 0.315. The molecule has 3 heterocycles. The number of carbonyl (C=O) groups excluding carboxylic acids is 4. The van der Waals surface area contributed by atoms with E-state index >= 15 is 0 Å². The van der Waals surface area contributed by atoms with Gasteiger partial charge in [0.05, 0.1) is 5.69 Å². The second-order valence-electron chi connectivity index (χ2n) is 12.7. The van der Waals surface area contributed by atoms with E-state index in [0.717, 1.165) is 22.3 Å². The van der Waals surface area contributed by atoms with Crippen molar-refractivity contribution in [3.05, 3.63) is 65.4 Å². The van der Waals surface area contributed by atoms with Crippen LogP contribution in [0.4, 0.5) is 21.1 Å². The summed E-state index contributed by atoms with van der Waals surface area (Å²) < 4.78 is 10.6. The summed E-state index contributed by atoms with van der Waals surface area (Å²) >= 11 is 0. The van der Waals surface area contributed by atoms with Crippen molar-refractivity contribution in [1.82, 2.24) is 20.5 Å². The molecule has 0 saturated heterocycles. The van der Waals surface area contributed by atoms with Gasteiger partial charge < -0.3 is 19.7 Å². The van der Waals surface area contributed by atoms with Crippen molar-refractivity contribution in [3.8, 4) is 0 Å². The number of carbonyl (C=O) groups is 4. The topological polar surface area (TPSA) is 151 Å². The predicted octanol–water partition coefficient (Wildman–Crippen LogP) is 5.33. The van der Waals surface area contributed by atoms with Gasteiger partial charge in [0.25, 0.3) is 0 Å². The Bertz CT molecular complexity index is 1510. The van der Waals surface area contributed by atoms with Gasteiger partial charge in [-0.15, -0.1) is 0 Å². The number of nitrogens with one attached hydrogen (secondary N) is 3. The summed E-state index contributed by atoms with van der Waals surface area (Å²) in [5.41, 5.74) is 2.84. The van der Waals surface area contributed by atoms with Crippen LogP contribution in [0.5, 0.6) is 0 Å². The third-order valence-electron chi connectivity index (χ3n) is 6.52. The molecule has 2 aromatic rings. The molecule has 12 nitrogen and oxygen atoms in total. The summed E-state index contributed by atoms with van der Waals surface area (Å²) in [5, 5.41) is 7.70. The molecule has 2 aliphatic rings. The number of aryl methyl sites for hydroxylation is 1. The molecule has 1 aromatic heterocycles. The van der Waals surface area contributed by atoms with Crippen LogP contribution in [-0.2, 0) is 25.5 Å². The largest absolute Gasteiger partial charge is 0.444 e. The van der Waals surface area contributed by atoms with E-state index in [9.17, 15) is 19.2 Å². The quantitative estimate of drug-likeness (QED) is 0.239. The van der Waals surface area contributed by atoms with Gasteiger partial charge in [-0.2, -0.15) is 0 Å². The Morgan fingerprint density at radius 1 is 0.956 bits per heavy atom. The van der Waals surface area contributed by atoms with Gasteiger partial charge in [-0.25, -0.2) is 19.6 Å². The Hall–Kier alpha value is -5.00. The van der Waals surface area contributed by atoms with Gasteiger partial charge in [-0.1, -0.05) is 18.2 Å². The summed E-state index contributed by atoms with van der Waals surface area (Å²) in [6.07, 6.45) is 7.14. The summed E-state index contributed by atoms with van der Waals surface area (Å²) in [6, 6.07) is 9.26. The van der Waals surface area contributed by atoms with Crippen LogP contribution in [-0.4, -0.2) is 64.1 Å². The Kier molecular flexibility index (Phi) is 10.1. The lowest BCUT2D eigenvalue weighted by Gasteiger charge is -2.25. The average Bonchev–Trinajstić information content (AvgIpc) is 2.94. The second-order valence-corrected chi connectivity index (χ2v) is 12.7. The second kappa shape index (κ2) is 13.7. The van der Waals surface area contributed by atoms with Crippen LogP contribution < -0.4 is 16.0 Å². The van der Waals surface area contributed by atoms with Crippen molar-refractivity contribution < 1.29 is 28.7 Å². The zero-order valence-electron chi connectivity index (χ0n) is 26.5. The highest BCUT2D eigenvalue weighted by Crippen LogP contribution is 2.25. The first-order valence-electron chi connectivity index (χ1n) is 14.8. The van der Waals surface area contributed by atoms with E-state index in [1.807, 2.05) is 24.3 Å². The molecule has 0 bridgehead atoms. The van der Waals surface area contributed by atoms with Crippen molar-refractivity contribution in [2.75, 3.05) is 18.4 Å². The molecular weight excluding hydrogens is 576 g/mol. The van der Waals surface area contributed by atoms with Crippen molar-refractivity contribution in [2.24, 2.45) is 4.99 Å². The van der Waals surface area contributed by atoms with Gasteiger partial charge in [0.2, 0.25) is 17.8 Å². The molecule has 4 amide bonds. The molecule has 0 fully saturated rings. The highest BCUT2D eigenvalue weighted by atomic mass is 16.6. The van der Waals surface area contributed by atoms with E-state index in [1.165, 1.54) is 0 Å². The van der Waals surface area contributed by atoms with Crippen LogP contribution in [0.3, 0.4) is 0 Å². The highest BCUT2D eigenvalue weighted by molar-refractivity contribution is 6.02. The number of alkyl carbamates (subject to hydrolysis) is 2. The summed E-state index contributed by atoms with van der Waals surface area (Å²) in [6.45, 7) is 11.4. The minimum absolute atomic E-state index is 0.0373. The number of aliphatic imine (C=N–C) groups is 1. The van der Waals surface area contributed by atoms with Crippen LogP contribution >= 0.6 is 0 Å². The predicted molar refractivity (Wildman–Crippen MR) is 172 cm³/mol. The van der Waals surface area contributed by atoms with E-state index in [1.54, 1.807) is 76.9 Å². The Morgan fingerprint density at radius 2 is 1.60 bits per heavy atom. The Balaban J connectivity index is 1.38. The lowest BCUT2D eigenvalue weighted by atomic mass is 9.99. The number of anilines is 1.